The van der Waals surface area contributed by atoms with Gasteiger partial charge in [0.05, 0.1) is 31.1 Å². The first kappa shape index (κ1) is 16.8. The maximum absolute atomic E-state index is 13.2. The van der Waals surface area contributed by atoms with E-state index in [9.17, 15) is 9.59 Å². The van der Waals surface area contributed by atoms with Gasteiger partial charge in [-0.25, -0.2) is 0 Å². The van der Waals surface area contributed by atoms with Crippen LogP contribution < -0.4 is 5.32 Å². The summed E-state index contributed by atoms with van der Waals surface area (Å²) < 4.78 is 11.7. The van der Waals surface area contributed by atoms with Crippen LogP contribution in [0, 0.1) is 11.8 Å². The average Bonchev–Trinajstić information content (AvgIpc) is 3.21. The predicted molar refractivity (Wildman–Crippen MR) is 99.0 cm³/mol. The van der Waals surface area contributed by atoms with Gasteiger partial charge in [-0.05, 0) is 37.3 Å². The Labute approximate surface area is 158 Å². The highest BCUT2D eigenvalue weighted by molar-refractivity contribution is 5.81. The molecule has 27 heavy (non-hydrogen) atoms. The van der Waals surface area contributed by atoms with E-state index in [2.05, 4.69) is 17.5 Å². The summed E-state index contributed by atoms with van der Waals surface area (Å²) in [5.41, 5.74) is 1.90. The summed E-state index contributed by atoms with van der Waals surface area (Å²) in [5, 5.41) is 3.61. The van der Waals surface area contributed by atoms with Gasteiger partial charge in [-0.15, -0.1) is 0 Å². The van der Waals surface area contributed by atoms with Crippen molar-refractivity contribution in [3.05, 3.63) is 41.5 Å². The molecule has 0 radical (unpaired) electrons. The molecule has 3 fully saturated rings. The molecule has 0 aromatic heterocycles. The molecule has 1 aromatic rings. The van der Waals surface area contributed by atoms with Gasteiger partial charge in [-0.3, -0.25) is 9.59 Å². The van der Waals surface area contributed by atoms with Crippen LogP contribution in [-0.2, 0) is 24.5 Å². The van der Waals surface area contributed by atoms with Gasteiger partial charge in [0, 0.05) is 12.2 Å². The fraction of sp³-hybridized carbons (Fsp3) is 0.524. The summed E-state index contributed by atoms with van der Waals surface area (Å²) in [7, 11) is 1.46. The van der Waals surface area contributed by atoms with E-state index < -0.39 is 11.1 Å². The van der Waals surface area contributed by atoms with Crippen molar-refractivity contribution in [1.29, 1.82) is 0 Å². The van der Waals surface area contributed by atoms with Gasteiger partial charge in [0.25, 0.3) is 0 Å². The number of likely N-dealkylation sites (tertiary alicyclic amines) is 1. The summed E-state index contributed by atoms with van der Waals surface area (Å²) >= 11 is 0. The molecule has 2 bridgehead atoms. The highest BCUT2D eigenvalue weighted by Gasteiger charge is 2.76. The van der Waals surface area contributed by atoms with E-state index in [0.717, 1.165) is 29.7 Å². The predicted octanol–water partition coefficient (Wildman–Crippen LogP) is 2.06. The highest BCUT2D eigenvalue weighted by atomic mass is 16.5. The molecule has 1 saturated carbocycles. The minimum Gasteiger partial charge on any atom is -0.469 e. The second-order valence-corrected chi connectivity index (χ2v) is 7.98. The van der Waals surface area contributed by atoms with Crippen molar-refractivity contribution in [2.24, 2.45) is 11.8 Å². The first-order chi connectivity index (χ1) is 13.1. The van der Waals surface area contributed by atoms with Crippen LogP contribution in [0.3, 0.4) is 0 Å². The zero-order valence-electron chi connectivity index (χ0n) is 15.6. The maximum atomic E-state index is 13.2. The van der Waals surface area contributed by atoms with Gasteiger partial charge in [-0.2, -0.15) is 0 Å². The number of carbonyl (C=O) groups excluding carboxylic acids is 2. The molecule has 2 saturated heterocycles. The van der Waals surface area contributed by atoms with E-state index >= 15 is 0 Å². The number of benzene rings is 1. The Balaban J connectivity index is 1.80. The summed E-state index contributed by atoms with van der Waals surface area (Å²) in [5.74, 6) is -0.477. The Hall–Kier alpha value is -2.34. The molecule has 6 heteroatoms. The van der Waals surface area contributed by atoms with Gasteiger partial charge in [0.2, 0.25) is 6.41 Å². The van der Waals surface area contributed by atoms with Gasteiger partial charge in [-0.1, -0.05) is 29.8 Å². The Kier molecular flexibility index (Phi) is 3.47. The summed E-state index contributed by atoms with van der Waals surface area (Å²) in [4.78, 5) is 27.0. The quantitative estimate of drug-likeness (QED) is 0.492. The number of ether oxygens (including phenoxy) is 2. The molecule has 1 aromatic carbocycles. The number of hydrogen-bond acceptors (Lipinski definition) is 5. The van der Waals surface area contributed by atoms with Crippen LogP contribution in [0.4, 0.5) is 5.69 Å². The third-order valence-corrected chi connectivity index (χ3v) is 7.30. The molecule has 1 aliphatic carbocycles. The molecule has 142 valence electrons. The molecule has 6 nitrogen and oxygen atoms in total. The number of carbonyl (C=O) groups is 2. The lowest BCUT2D eigenvalue weighted by molar-refractivity contribution is -0.172. The number of para-hydroxylation sites is 1. The number of esters is 1. The molecule has 0 spiro atoms. The third kappa shape index (κ3) is 1.79. The standard InChI is InChI=1S/C21H24N2O4/c1-3-13-11-23(12-24)17-10-14(13)18(19(25)26-2)20-8-9-27-21(17,20)22-16-7-5-4-6-15(16)20/h3-7,12,14,17-18,22H,8-11H2,1-2H3. The number of rotatable bonds is 2. The van der Waals surface area contributed by atoms with E-state index in [0.29, 0.717) is 19.6 Å². The number of nitrogens with zero attached hydrogens (tertiary/aromatic N) is 1. The molecular formula is C21H24N2O4. The van der Waals surface area contributed by atoms with Crippen LogP contribution in [0.5, 0.6) is 0 Å². The normalized spacial score (nSPS) is 40.0. The van der Waals surface area contributed by atoms with Crippen molar-refractivity contribution < 1.29 is 19.1 Å². The second-order valence-electron chi connectivity index (χ2n) is 7.98. The molecule has 3 heterocycles. The topological polar surface area (TPSA) is 67.9 Å². The monoisotopic (exact) mass is 368 g/mol. The zero-order valence-corrected chi connectivity index (χ0v) is 15.6. The molecule has 5 atom stereocenters. The second kappa shape index (κ2) is 5.58. The number of amides is 1. The maximum Gasteiger partial charge on any atom is 0.310 e. The zero-order chi connectivity index (χ0) is 18.8. The van der Waals surface area contributed by atoms with Crippen LogP contribution >= 0.6 is 0 Å². The number of piperidine rings is 1. The Morgan fingerprint density at radius 2 is 2.22 bits per heavy atom. The lowest BCUT2D eigenvalue weighted by atomic mass is 9.51. The van der Waals surface area contributed by atoms with Crippen LogP contribution in [-0.4, -0.2) is 49.3 Å². The summed E-state index contributed by atoms with van der Waals surface area (Å²) in [6.07, 6.45) is 4.41. The molecular weight excluding hydrogens is 344 g/mol. The smallest absolute Gasteiger partial charge is 0.310 e. The Bertz CT molecular complexity index is 852. The number of allylic oxidation sites excluding steroid dienone is 1. The van der Waals surface area contributed by atoms with Gasteiger partial charge in [0.1, 0.15) is 0 Å². The van der Waals surface area contributed by atoms with Gasteiger partial charge >= 0.3 is 5.97 Å². The highest BCUT2D eigenvalue weighted by Crippen LogP contribution is 2.66. The minimum absolute atomic E-state index is 0.0476. The van der Waals surface area contributed by atoms with Crippen LogP contribution in [0.25, 0.3) is 0 Å². The average molecular weight is 368 g/mol. The Morgan fingerprint density at radius 1 is 1.41 bits per heavy atom. The third-order valence-electron chi connectivity index (χ3n) is 7.30. The fourth-order valence-electron chi connectivity index (χ4n) is 6.35. The first-order valence-electron chi connectivity index (χ1n) is 9.58. The van der Waals surface area contributed by atoms with Crippen molar-refractivity contribution in [1.82, 2.24) is 4.90 Å². The van der Waals surface area contributed by atoms with E-state index in [1.165, 1.54) is 7.11 Å². The lowest BCUT2D eigenvalue weighted by Crippen LogP contribution is -2.73. The first-order valence-corrected chi connectivity index (χ1v) is 9.58. The van der Waals surface area contributed by atoms with Crippen molar-refractivity contribution in [3.8, 4) is 0 Å². The SMILES string of the molecule is CC=C1CN(C=O)C2CC1C(C(=O)OC)C13CCOC21Nc1ccccc13. The molecule has 5 rings (SSSR count). The van der Waals surface area contributed by atoms with Crippen molar-refractivity contribution >= 4 is 18.1 Å². The molecule has 1 amide bonds. The van der Waals surface area contributed by atoms with Gasteiger partial charge in [0.15, 0.2) is 5.72 Å². The molecule has 1 N–H and O–H groups in total. The molecule has 3 aliphatic heterocycles. The van der Waals surface area contributed by atoms with Crippen molar-refractivity contribution in [2.45, 2.75) is 36.9 Å². The fourth-order valence-corrected chi connectivity index (χ4v) is 6.35. The summed E-state index contributed by atoms with van der Waals surface area (Å²) in [6.45, 7) is 3.07. The van der Waals surface area contributed by atoms with Crippen molar-refractivity contribution in [3.63, 3.8) is 0 Å². The van der Waals surface area contributed by atoms with Crippen LogP contribution in [0.2, 0.25) is 0 Å². The van der Waals surface area contributed by atoms with Crippen LogP contribution in [0.15, 0.2) is 35.9 Å². The minimum atomic E-state index is -0.785. The summed E-state index contributed by atoms with van der Waals surface area (Å²) in [6, 6.07) is 8.00. The lowest BCUT2D eigenvalue weighted by Gasteiger charge is -2.59. The molecule has 4 aliphatic rings. The number of hydrogen-bond donors (Lipinski definition) is 1. The number of anilines is 1. The Morgan fingerprint density at radius 3 is 2.96 bits per heavy atom. The van der Waals surface area contributed by atoms with E-state index in [4.69, 9.17) is 9.47 Å². The van der Waals surface area contributed by atoms with E-state index in [1.807, 2.05) is 30.0 Å². The number of fused-ring (bicyclic) bond motifs is 3. The van der Waals surface area contributed by atoms with E-state index in [1.54, 1.807) is 0 Å². The van der Waals surface area contributed by atoms with Crippen LogP contribution in [0.1, 0.15) is 25.3 Å². The van der Waals surface area contributed by atoms with Crippen molar-refractivity contribution in [2.75, 3.05) is 25.6 Å². The molecule has 5 unspecified atom stereocenters. The number of methoxy groups -OCH3 is 1. The van der Waals surface area contributed by atoms with Gasteiger partial charge < -0.3 is 19.7 Å². The number of nitrogens with one attached hydrogen (secondary N) is 1. The largest absolute Gasteiger partial charge is 0.469 e. The van der Waals surface area contributed by atoms with E-state index in [-0.39, 0.29) is 23.8 Å².